The molecule has 33 heavy (non-hydrogen) atoms. The number of pyridine rings is 1. The number of methoxy groups -OCH3 is 1. The molecule has 172 valence electrons. The number of nitrogens with one attached hydrogen (secondary N) is 1. The van der Waals surface area contributed by atoms with Crippen molar-refractivity contribution in [3.05, 3.63) is 70.6 Å². The Morgan fingerprint density at radius 3 is 2.67 bits per heavy atom. The first-order valence-electron chi connectivity index (χ1n) is 10.6. The number of carbonyl (C=O) groups excluding carboxylic acids is 1. The molecule has 2 aromatic heterocycles. The van der Waals surface area contributed by atoms with Gasteiger partial charge in [-0.2, -0.15) is 0 Å². The van der Waals surface area contributed by atoms with Crippen LogP contribution in [0.3, 0.4) is 0 Å². The number of halogens is 2. The van der Waals surface area contributed by atoms with E-state index in [1.165, 1.54) is 19.4 Å². The molecule has 1 aliphatic rings. The average Bonchev–Trinajstić information content (AvgIpc) is 2.76. The van der Waals surface area contributed by atoms with Crippen LogP contribution in [0.5, 0.6) is 5.75 Å². The van der Waals surface area contributed by atoms with Crippen molar-refractivity contribution >= 4 is 29.0 Å². The minimum Gasteiger partial charge on any atom is -0.494 e. The highest BCUT2D eigenvalue weighted by molar-refractivity contribution is 6.29. The minimum atomic E-state index is -0.920. The Morgan fingerprint density at radius 1 is 1.24 bits per heavy atom. The summed E-state index contributed by atoms with van der Waals surface area (Å²) in [6, 6.07) is 9.40. The molecule has 0 atom stereocenters. The van der Waals surface area contributed by atoms with Crippen molar-refractivity contribution in [2.24, 2.45) is 0 Å². The summed E-state index contributed by atoms with van der Waals surface area (Å²) in [6.45, 7) is 6.40. The summed E-state index contributed by atoms with van der Waals surface area (Å²) in [4.78, 5) is 27.8. The fraction of sp³-hybridized carbons (Fsp3) is 0.333. The van der Waals surface area contributed by atoms with E-state index < -0.39 is 11.2 Å². The summed E-state index contributed by atoms with van der Waals surface area (Å²) in [5.41, 5.74) is 1.46. The quantitative estimate of drug-likeness (QED) is 0.535. The number of benzene rings is 1. The zero-order chi connectivity index (χ0) is 23.8. The first-order chi connectivity index (χ1) is 15.7. The normalized spacial score (nSPS) is 14.7. The highest BCUT2D eigenvalue weighted by atomic mass is 35.5. The Labute approximate surface area is 197 Å². The van der Waals surface area contributed by atoms with Gasteiger partial charge in [-0.05, 0) is 24.0 Å². The van der Waals surface area contributed by atoms with Crippen LogP contribution < -0.4 is 15.0 Å². The van der Waals surface area contributed by atoms with Gasteiger partial charge in [-0.15, -0.1) is 0 Å². The van der Waals surface area contributed by atoms with Crippen LogP contribution in [0.2, 0.25) is 5.15 Å². The van der Waals surface area contributed by atoms with Gasteiger partial charge in [0.15, 0.2) is 11.6 Å². The lowest BCUT2D eigenvalue weighted by molar-refractivity contribution is -0.122. The van der Waals surface area contributed by atoms with Gasteiger partial charge in [-0.3, -0.25) is 4.79 Å². The van der Waals surface area contributed by atoms with Crippen LogP contribution in [0.4, 0.5) is 15.9 Å². The third kappa shape index (κ3) is 4.23. The second-order valence-corrected chi connectivity index (χ2v) is 8.82. The highest BCUT2D eigenvalue weighted by Gasteiger charge is 2.53. The molecule has 0 bridgehead atoms. The third-order valence-electron chi connectivity index (χ3n) is 5.90. The van der Waals surface area contributed by atoms with Crippen LogP contribution >= 0.6 is 11.6 Å². The van der Waals surface area contributed by atoms with Gasteiger partial charge < -0.3 is 15.0 Å². The number of anilines is 2. The van der Waals surface area contributed by atoms with Gasteiger partial charge in [0.1, 0.15) is 27.8 Å². The second-order valence-electron chi connectivity index (χ2n) is 8.43. The Balaban J connectivity index is 1.74. The van der Waals surface area contributed by atoms with E-state index in [2.05, 4.69) is 34.1 Å². The van der Waals surface area contributed by atoms with Crippen LogP contribution in [-0.4, -0.2) is 41.1 Å². The lowest BCUT2D eigenvalue weighted by Gasteiger charge is -2.50. The monoisotopic (exact) mass is 469 g/mol. The van der Waals surface area contributed by atoms with E-state index in [-0.39, 0.29) is 35.9 Å². The fourth-order valence-electron chi connectivity index (χ4n) is 4.21. The maximum absolute atomic E-state index is 14.5. The van der Waals surface area contributed by atoms with Crippen LogP contribution in [0, 0.1) is 12.7 Å². The molecule has 0 saturated carbocycles. The van der Waals surface area contributed by atoms with E-state index in [1.807, 2.05) is 24.3 Å². The molecule has 9 heteroatoms. The maximum atomic E-state index is 14.5. The Bertz CT molecular complexity index is 1200. The molecule has 1 fully saturated rings. The highest BCUT2D eigenvalue weighted by Crippen LogP contribution is 2.42. The van der Waals surface area contributed by atoms with Crippen LogP contribution in [0.1, 0.15) is 36.7 Å². The lowest BCUT2D eigenvalue weighted by Crippen LogP contribution is -2.66. The van der Waals surface area contributed by atoms with E-state index in [0.717, 1.165) is 17.3 Å². The van der Waals surface area contributed by atoms with E-state index >= 15 is 0 Å². The first-order valence-corrected chi connectivity index (χ1v) is 11.0. The number of carbonyl (C=O) groups is 1. The smallest absolute Gasteiger partial charge is 0.238 e. The zero-order valence-electron chi connectivity index (χ0n) is 18.9. The average molecular weight is 470 g/mol. The Kier molecular flexibility index (Phi) is 6.21. The van der Waals surface area contributed by atoms with E-state index in [9.17, 15) is 9.18 Å². The molecule has 4 rings (SSSR count). The van der Waals surface area contributed by atoms with Crippen molar-refractivity contribution in [1.82, 2.24) is 15.0 Å². The number of ether oxygens (including phenoxy) is 1. The van der Waals surface area contributed by atoms with Gasteiger partial charge in [0.25, 0.3) is 0 Å². The van der Waals surface area contributed by atoms with Gasteiger partial charge in [0, 0.05) is 19.2 Å². The SMILES string of the molecule is COc1cc(Cl)ncc1NC(=O)C1(c2ccccc2C(C)C)CN(c2nc(C)ncc2F)C1. The summed E-state index contributed by atoms with van der Waals surface area (Å²) in [6.07, 6.45) is 2.62. The number of amides is 1. The first kappa shape index (κ1) is 22.9. The largest absolute Gasteiger partial charge is 0.494 e. The molecule has 7 nitrogen and oxygen atoms in total. The van der Waals surface area contributed by atoms with Crippen LogP contribution in [-0.2, 0) is 10.2 Å². The topological polar surface area (TPSA) is 80.2 Å². The van der Waals surface area contributed by atoms with Crippen LogP contribution in [0.15, 0.2) is 42.7 Å². The maximum Gasteiger partial charge on any atom is 0.238 e. The standard InChI is InChI=1S/C24H25ClFN5O2/c1-14(2)16-7-5-6-8-17(16)24(12-31(13-24)22-18(26)10-27-15(3)29-22)23(32)30-19-11-28-21(25)9-20(19)33-4/h5-11,14H,12-13H2,1-4H3,(H,30,32). The van der Waals surface area contributed by atoms with E-state index in [1.54, 1.807) is 11.8 Å². The molecule has 0 aliphatic carbocycles. The molecule has 1 amide bonds. The summed E-state index contributed by atoms with van der Waals surface area (Å²) < 4.78 is 19.8. The predicted octanol–water partition coefficient (Wildman–Crippen LogP) is 4.50. The van der Waals surface area contributed by atoms with Crippen molar-refractivity contribution in [2.45, 2.75) is 32.1 Å². The molecule has 1 saturated heterocycles. The predicted molar refractivity (Wildman–Crippen MR) is 126 cm³/mol. The number of hydrogen-bond donors (Lipinski definition) is 1. The Hall–Kier alpha value is -3.26. The molecule has 0 radical (unpaired) electrons. The summed E-state index contributed by atoms with van der Waals surface area (Å²) >= 11 is 5.97. The molecule has 3 aromatic rings. The molecule has 1 aliphatic heterocycles. The van der Waals surface area contributed by atoms with E-state index in [4.69, 9.17) is 16.3 Å². The Morgan fingerprint density at radius 2 is 1.97 bits per heavy atom. The second kappa shape index (κ2) is 8.94. The van der Waals surface area contributed by atoms with Gasteiger partial charge in [0.05, 0.1) is 19.5 Å². The van der Waals surface area contributed by atoms with Gasteiger partial charge in [-0.1, -0.05) is 49.7 Å². The number of nitrogens with zero attached hydrogens (tertiary/aromatic N) is 4. The lowest BCUT2D eigenvalue weighted by atomic mass is 9.69. The number of aryl methyl sites for hydroxylation is 1. The fourth-order valence-corrected chi connectivity index (χ4v) is 4.36. The molecule has 0 spiro atoms. The van der Waals surface area contributed by atoms with Crippen molar-refractivity contribution in [1.29, 1.82) is 0 Å². The molecule has 3 heterocycles. The minimum absolute atomic E-state index is 0.193. The van der Waals surface area contributed by atoms with Gasteiger partial charge in [0.2, 0.25) is 5.91 Å². The van der Waals surface area contributed by atoms with Crippen LogP contribution in [0.25, 0.3) is 0 Å². The summed E-state index contributed by atoms with van der Waals surface area (Å²) in [7, 11) is 1.50. The van der Waals surface area contributed by atoms with E-state index in [0.29, 0.717) is 17.3 Å². The number of hydrogen-bond acceptors (Lipinski definition) is 6. The summed E-state index contributed by atoms with van der Waals surface area (Å²) in [5.74, 6) is 0.511. The van der Waals surface area contributed by atoms with Crippen molar-refractivity contribution in [3.8, 4) is 5.75 Å². The molecular formula is C24H25ClFN5O2. The number of rotatable bonds is 6. The van der Waals surface area contributed by atoms with Gasteiger partial charge in [-0.25, -0.2) is 19.3 Å². The molecule has 0 unspecified atom stereocenters. The van der Waals surface area contributed by atoms with Crippen molar-refractivity contribution in [2.75, 3.05) is 30.4 Å². The number of aromatic nitrogens is 3. The molecule has 1 N–H and O–H groups in total. The molecule has 1 aromatic carbocycles. The third-order valence-corrected chi connectivity index (χ3v) is 6.11. The van der Waals surface area contributed by atoms with Crippen molar-refractivity contribution in [3.63, 3.8) is 0 Å². The summed E-state index contributed by atoms with van der Waals surface area (Å²) in [5, 5.41) is 3.21. The van der Waals surface area contributed by atoms with Crippen molar-refractivity contribution < 1.29 is 13.9 Å². The zero-order valence-corrected chi connectivity index (χ0v) is 19.7. The van der Waals surface area contributed by atoms with Gasteiger partial charge >= 0.3 is 0 Å². The molecular weight excluding hydrogens is 445 g/mol.